The quantitative estimate of drug-likeness (QED) is 0.408. The Balaban J connectivity index is 2.25. The van der Waals surface area contributed by atoms with E-state index in [1.54, 1.807) is 6.92 Å². The molecule has 0 saturated heterocycles. The highest BCUT2D eigenvalue weighted by molar-refractivity contribution is 6.10. The van der Waals surface area contributed by atoms with Gasteiger partial charge in [-0.3, -0.25) is 9.78 Å². The number of allylic oxidation sites excluding steroid dienone is 1. The summed E-state index contributed by atoms with van der Waals surface area (Å²) >= 11 is 0. The van der Waals surface area contributed by atoms with Gasteiger partial charge in [-0.25, -0.2) is 8.78 Å². The molecule has 0 aliphatic rings. The topological polar surface area (TPSA) is 119 Å². The highest BCUT2D eigenvalue weighted by Gasteiger charge is 2.13. The van der Waals surface area contributed by atoms with E-state index in [9.17, 15) is 13.6 Å². The standard InChI is InChI=1S/C18H18F2N6O/c1-3-15(12-9-11(17(21)27)6-7-13(12)19)25-26-18(22)24-10(2)16-14(20)5-4-8-23-16/h3-10H,1H2,2H3,(H2,21,27)(H3,22,24,26)/b25-15+. The van der Waals surface area contributed by atoms with Crippen LogP contribution in [0.15, 0.2) is 59.4 Å². The Kier molecular flexibility index (Phi) is 6.32. The van der Waals surface area contributed by atoms with Crippen LogP contribution < -0.4 is 16.8 Å². The fourth-order valence-electron chi connectivity index (χ4n) is 2.22. The SMILES string of the molecule is C=C/C(=N\N=C(/N)NC(C)c1ncccc1F)c1cc(C(N)=O)ccc1F. The number of carbonyl (C=O) groups excluding carboxylic acids is 1. The molecule has 5 N–H and O–H groups in total. The van der Waals surface area contributed by atoms with Crippen LogP contribution in [-0.4, -0.2) is 22.6 Å². The molecule has 0 spiro atoms. The molecule has 1 aromatic carbocycles. The van der Waals surface area contributed by atoms with E-state index < -0.39 is 23.6 Å². The molecule has 140 valence electrons. The summed E-state index contributed by atoms with van der Waals surface area (Å²) in [6, 6.07) is 5.75. The summed E-state index contributed by atoms with van der Waals surface area (Å²) in [7, 11) is 0. The van der Waals surface area contributed by atoms with Gasteiger partial charge < -0.3 is 16.8 Å². The first kappa shape index (κ1) is 19.7. The number of hydrogen-bond acceptors (Lipinski definition) is 4. The van der Waals surface area contributed by atoms with E-state index in [0.717, 1.165) is 6.07 Å². The molecule has 1 amide bonds. The van der Waals surface area contributed by atoms with E-state index >= 15 is 0 Å². The first-order valence-corrected chi connectivity index (χ1v) is 7.83. The van der Waals surface area contributed by atoms with Crippen molar-refractivity contribution >= 4 is 17.6 Å². The van der Waals surface area contributed by atoms with Crippen LogP contribution in [-0.2, 0) is 0 Å². The monoisotopic (exact) mass is 372 g/mol. The van der Waals surface area contributed by atoms with Crippen LogP contribution in [0.3, 0.4) is 0 Å². The van der Waals surface area contributed by atoms with E-state index in [4.69, 9.17) is 11.5 Å². The summed E-state index contributed by atoms with van der Waals surface area (Å²) in [5.74, 6) is -1.98. The van der Waals surface area contributed by atoms with Crippen LogP contribution in [0.2, 0.25) is 0 Å². The van der Waals surface area contributed by atoms with E-state index in [-0.39, 0.29) is 28.5 Å². The maximum Gasteiger partial charge on any atom is 0.248 e. The number of halogens is 2. The van der Waals surface area contributed by atoms with Crippen LogP contribution in [0, 0.1) is 11.6 Å². The van der Waals surface area contributed by atoms with E-state index in [1.807, 2.05) is 0 Å². The van der Waals surface area contributed by atoms with E-state index in [1.165, 1.54) is 36.5 Å². The van der Waals surface area contributed by atoms with Gasteiger partial charge in [-0.15, -0.1) is 10.2 Å². The lowest BCUT2D eigenvalue weighted by Gasteiger charge is -2.13. The highest BCUT2D eigenvalue weighted by Crippen LogP contribution is 2.14. The maximum atomic E-state index is 14.0. The Morgan fingerprint density at radius 3 is 2.63 bits per heavy atom. The van der Waals surface area contributed by atoms with Gasteiger partial charge in [0.2, 0.25) is 11.9 Å². The number of pyridine rings is 1. The van der Waals surface area contributed by atoms with Gasteiger partial charge >= 0.3 is 0 Å². The molecule has 1 atom stereocenters. The van der Waals surface area contributed by atoms with Crippen molar-refractivity contribution in [1.29, 1.82) is 0 Å². The molecule has 27 heavy (non-hydrogen) atoms. The number of hydrogen-bond donors (Lipinski definition) is 3. The van der Waals surface area contributed by atoms with Gasteiger partial charge in [0.25, 0.3) is 0 Å². The van der Waals surface area contributed by atoms with E-state index in [2.05, 4.69) is 27.1 Å². The minimum Gasteiger partial charge on any atom is -0.368 e. The molecule has 0 radical (unpaired) electrons. The first-order valence-electron chi connectivity index (χ1n) is 7.83. The zero-order valence-corrected chi connectivity index (χ0v) is 14.5. The fourth-order valence-corrected chi connectivity index (χ4v) is 2.22. The first-order chi connectivity index (χ1) is 12.8. The van der Waals surface area contributed by atoms with Gasteiger partial charge in [0.1, 0.15) is 11.6 Å². The van der Waals surface area contributed by atoms with Crippen LogP contribution in [0.4, 0.5) is 8.78 Å². The van der Waals surface area contributed by atoms with Gasteiger partial charge in [-0.2, -0.15) is 0 Å². The van der Waals surface area contributed by atoms with Gasteiger partial charge in [-0.05, 0) is 43.3 Å². The number of guanidine groups is 1. The minimum absolute atomic E-state index is 0.0123. The predicted octanol–water partition coefficient (Wildman–Crippen LogP) is 2.01. The summed E-state index contributed by atoms with van der Waals surface area (Å²) in [6.07, 6.45) is 2.70. The number of rotatable bonds is 6. The molecular weight excluding hydrogens is 354 g/mol. The van der Waals surface area contributed by atoms with Gasteiger partial charge in [0.05, 0.1) is 17.4 Å². The van der Waals surface area contributed by atoms with Crippen molar-refractivity contribution in [2.75, 3.05) is 0 Å². The fraction of sp³-hybridized carbons (Fsp3) is 0.111. The summed E-state index contributed by atoms with van der Waals surface area (Å²) in [5, 5.41) is 10.3. The second-order valence-corrected chi connectivity index (χ2v) is 5.47. The second-order valence-electron chi connectivity index (χ2n) is 5.47. The van der Waals surface area contributed by atoms with E-state index in [0.29, 0.717) is 0 Å². The molecule has 1 unspecified atom stereocenters. The van der Waals surface area contributed by atoms with Gasteiger partial charge in [0, 0.05) is 17.3 Å². The Labute approximate surface area is 154 Å². The van der Waals surface area contributed by atoms with Gasteiger partial charge in [-0.1, -0.05) is 6.58 Å². The molecule has 2 aromatic rings. The predicted molar refractivity (Wildman–Crippen MR) is 99.0 cm³/mol. The maximum absolute atomic E-state index is 14.0. The number of nitrogens with two attached hydrogens (primary N) is 2. The smallest absolute Gasteiger partial charge is 0.248 e. The van der Waals surface area contributed by atoms with Crippen molar-refractivity contribution in [3.8, 4) is 0 Å². The number of primary amides is 1. The normalized spacial score (nSPS) is 13.1. The third-order valence-corrected chi connectivity index (χ3v) is 3.55. The number of nitrogens with zero attached hydrogens (tertiary/aromatic N) is 3. The van der Waals surface area contributed by atoms with Crippen molar-refractivity contribution < 1.29 is 13.6 Å². The molecule has 0 bridgehead atoms. The average molecular weight is 372 g/mol. The molecule has 7 nitrogen and oxygen atoms in total. The summed E-state index contributed by atoms with van der Waals surface area (Å²) < 4.78 is 27.8. The summed E-state index contributed by atoms with van der Waals surface area (Å²) in [4.78, 5) is 15.2. The van der Waals surface area contributed by atoms with Gasteiger partial charge in [0.15, 0.2) is 0 Å². The van der Waals surface area contributed by atoms with Crippen molar-refractivity contribution in [3.05, 3.63) is 77.6 Å². The Morgan fingerprint density at radius 1 is 1.26 bits per heavy atom. The number of benzene rings is 1. The lowest BCUT2D eigenvalue weighted by molar-refractivity contribution is 0.1000. The second kappa shape index (κ2) is 8.65. The number of nitrogens with one attached hydrogen (secondary N) is 1. The van der Waals surface area contributed by atoms with Crippen LogP contribution >= 0.6 is 0 Å². The molecule has 1 aromatic heterocycles. The summed E-state index contributed by atoms with van der Waals surface area (Å²) in [5.41, 5.74) is 11.2. The third-order valence-electron chi connectivity index (χ3n) is 3.55. The third kappa shape index (κ3) is 4.94. The Morgan fingerprint density at radius 2 is 2.00 bits per heavy atom. The van der Waals surface area contributed by atoms with Crippen molar-refractivity contribution in [2.24, 2.45) is 21.7 Å². The van der Waals surface area contributed by atoms with Crippen molar-refractivity contribution in [2.45, 2.75) is 13.0 Å². The zero-order valence-electron chi connectivity index (χ0n) is 14.5. The number of amides is 1. The zero-order chi connectivity index (χ0) is 20.0. The molecule has 1 heterocycles. The molecular formula is C18H18F2N6O. The molecule has 0 saturated carbocycles. The number of carbonyl (C=O) groups is 1. The lowest BCUT2D eigenvalue weighted by atomic mass is 10.1. The molecule has 0 aliphatic heterocycles. The van der Waals surface area contributed by atoms with Crippen LogP contribution in [0.5, 0.6) is 0 Å². The van der Waals surface area contributed by atoms with Crippen molar-refractivity contribution in [3.63, 3.8) is 0 Å². The molecule has 0 aliphatic carbocycles. The lowest BCUT2D eigenvalue weighted by Crippen LogP contribution is -2.34. The minimum atomic E-state index is -0.712. The molecule has 0 fully saturated rings. The van der Waals surface area contributed by atoms with Crippen LogP contribution in [0.1, 0.15) is 34.6 Å². The molecule has 9 heteroatoms. The highest BCUT2D eigenvalue weighted by atomic mass is 19.1. The summed E-state index contributed by atoms with van der Waals surface area (Å²) in [6.45, 7) is 5.19. The largest absolute Gasteiger partial charge is 0.368 e. The number of aromatic nitrogens is 1. The average Bonchev–Trinajstić information content (AvgIpc) is 2.63. The van der Waals surface area contributed by atoms with Crippen LogP contribution in [0.25, 0.3) is 0 Å². The molecule has 2 rings (SSSR count). The Bertz CT molecular complexity index is 926. The Hall–Kier alpha value is -3.62. The van der Waals surface area contributed by atoms with Crippen molar-refractivity contribution in [1.82, 2.24) is 10.3 Å².